The molecule has 4 nitrogen and oxygen atoms in total. The highest BCUT2D eigenvalue weighted by atomic mass is 16.5. The maximum atomic E-state index is 5.73. The van der Waals surface area contributed by atoms with Gasteiger partial charge in [-0.25, -0.2) is 4.98 Å². The lowest BCUT2D eigenvalue weighted by atomic mass is 10.1. The Morgan fingerprint density at radius 1 is 1.31 bits per heavy atom. The Kier molecular flexibility index (Phi) is 5.12. The summed E-state index contributed by atoms with van der Waals surface area (Å²) in [5.74, 6) is 0.662. The van der Waals surface area contributed by atoms with Crippen molar-refractivity contribution in [2.24, 2.45) is 0 Å². The molecule has 0 fully saturated rings. The molecule has 134 valence electrons. The Bertz CT molecular complexity index is 941. The minimum atomic E-state index is 0.579. The van der Waals surface area contributed by atoms with E-state index in [1.807, 2.05) is 37.3 Å². The summed E-state index contributed by atoms with van der Waals surface area (Å²) in [6.45, 7) is 13.4. The molecule has 0 radical (unpaired) electrons. The number of benzene rings is 1. The zero-order valence-electron chi connectivity index (χ0n) is 15.7. The van der Waals surface area contributed by atoms with E-state index < -0.39 is 0 Å². The summed E-state index contributed by atoms with van der Waals surface area (Å²) < 4.78 is 7.88. The van der Waals surface area contributed by atoms with Crippen LogP contribution >= 0.6 is 0 Å². The Morgan fingerprint density at radius 3 is 2.69 bits per heavy atom. The fourth-order valence-electron chi connectivity index (χ4n) is 3.24. The quantitative estimate of drug-likeness (QED) is 0.565. The molecule has 1 aromatic carbocycles. The van der Waals surface area contributed by atoms with Crippen molar-refractivity contribution in [3.8, 4) is 0 Å². The maximum absolute atomic E-state index is 5.73. The Hall–Kier alpha value is -3.01. The highest BCUT2D eigenvalue weighted by Gasteiger charge is 2.20. The van der Waals surface area contributed by atoms with E-state index in [4.69, 9.17) is 9.72 Å². The number of hydrogen-bond donors (Lipinski definition) is 0. The summed E-state index contributed by atoms with van der Waals surface area (Å²) in [7, 11) is 2.00. The third-order valence-electron chi connectivity index (χ3n) is 4.48. The molecule has 2 aromatic heterocycles. The summed E-state index contributed by atoms with van der Waals surface area (Å²) in [4.78, 5) is 6.75. The van der Waals surface area contributed by atoms with Crippen molar-refractivity contribution < 1.29 is 4.74 Å². The van der Waals surface area contributed by atoms with E-state index in [2.05, 4.69) is 55.1 Å². The number of ether oxygens (including phenoxy) is 1. The average Bonchev–Trinajstić information content (AvgIpc) is 3.00. The lowest BCUT2D eigenvalue weighted by Gasteiger charge is -2.19. The number of aromatic nitrogens is 2. The zero-order valence-corrected chi connectivity index (χ0v) is 15.7. The fraction of sp³-hybridized carbons (Fsp3) is 0.227. The smallest absolute Gasteiger partial charge is 0.143 e. The lowest BCUT2D eigenvalue weighted by Crippen LogP contribution is -2.10. The Labute approximate surface area is 155 Å². The number of fused-ring (bicyclic) bond motifs is 1. The van der Waals surface area contributed by atoms with Crippen LogP contribution in [0.3, 0.4) is 0 Å². The van der Waals surface area contributed by atoms with Gasteiger partial charge in [-0.15, -0.1) is 0 Å². The van der Waals surface area contributed by atoms with E-state index >= 15 is 0 Å². The third kappa shape index (κ3) is 3.23. The highest BCUT2D eigenvalue weighted by Crippen LogP contribution is 2.36. The monoisotopic (exact) mass is 347 g/mol. The molecule has 0 bridgehead atoms. The van der Waals surface area contributed by atoms with Crippen molar-refractivity contribution in [1.82, 2.24) is 9.55 Å². The summed E-state index contributed by atoms with van der Waals surface area (Å²) in [5, 5.41) is 1.04. The second-order valence-electron chi connectivity index (χ2n) is 6.29. The van der Waals surface area contributed by atoms with Crippen LogP contribution in [-0.2, 0) is 11.3 Å². The number of aryl methyl sites for hydroxylation is 1. The van der Waals surface area contributed by atoms with Crippen LogP contribution in [0.5, 0.6) is 0 Å². The van der Waals surface area contributed by atoms with Gasteiger partial charge in [0, 0.05) is 31.5 Å². The van der Waals surface area contributed by atoms with Crippen LogP contribution in [0.15, 0.2) is 62.1 Å². The van der Waals surface area contributed by atoms with Crippen molar-refractivity contribution in [3.63, 3.8) is 0 Å². The Morgan fingerprint density at radius 2 is 2.04 bits per heavy atom. The molecule has 0 aliphatic carbocycles. The molecular formula is C22H25N3O. The lowest BCUT2D eigenvalue weighted by molar-refractivity contribution is 0.299. The third-order valence-corrected chi connectivity index (χ3v) is 4.48. The van der Waals surface area contributed by atoms with Crippen molar-refractivity contribution in [2.75, 3.05) is 18.6 Å². The van der Waals surface area contributed by atoms with Gasteiger partial charge < -0.3 is 14.2 Å². The van der Waals surface area contributed by atoms with Crippen molar-refractivity contribution >= 4 is 22.5 Å². The van der Waals surface area contributed by atoms with Gasteiger partial charge >= 0.3 is 0 Å². The zero-order chi connectivity index (χ0) is 18.7. The van der Waals surface area contributed by atoms with Crippen LogP contribution in [0, 0.1) is 6.92 Å². The van der Waals surface area contributed by atoms with Gasteiger partial charge in [-0.05, 0) is 31.2 Å². The molecular weight excluding hydrogens is 322 g/mol. The molecule has 0 saturated carbocycles. The van der Waals surface area contributed by atoms with Gasteiger partial charge in [0.25, 0.3) is 0 Å². The van der Waals surface area contributed by atoms with Crippen LogP contribution < -0.4 is 4.90 Å². The molecule has 0 saturated heterocycles. The molecule has 0 unspecified atom stereocenters. The molecule has 0 spiro atoms. The van der Waals surface area contributed by atoms with E-state index in [1.54, 1.807) is 0 Å². The normalized spacial score (nSPS) is 10.7. The summed E-state index contributed by atoms with van der Waals surface area (Å²) in [6, 6.07) is 10.4. The van der Waals surface area contributed by atoms with Crippen molar-refractivity contribution in [3.05, 3.63) is 78.8 Å². The van der Waals surface area contributed by atoms with Gasteiger partial charge in [0.05, 0.1) is 17.7 Å². The van der Waals surface area contributed by atoms with Gasteiger partial charge in [0.1, 0.15) is 11.4 Å². The van der Waals surface area contributed by atoms with Gasteiger partial charge in [0.15, 0.2) is 0 Å². The molecule has 0 atom stereocenters. The maximum Gasteiger partial charge on any atom is 0.143 e. The first-order valence-electron chi connectivity index (χ1n) is 8.76. The number of hydrogen-bond acceptors (Lipinski definition) is 3. The molecule has 26 heavy (non-hydrogen) atoms. The fourth-order valence-corrected chi connectivity index (χ4v) is 3.24. The van der Waals surface area contributed by atoms with Crippen molar-refractivity contribution in [1.29, 1.82) is 0 Å². The minimum Gasteiger partial charge on any atom is -0.494 e. The van der Waals surface area contributed by atoms with Gasteiger partial charge in [0.2, 0.25) is 0 Å². The molecule has 0 aliphatic rings. The first-order chi connectivity index (χ1) is 12.6. The molecule has 3 aromatic rings. The summed E-state index contributed by atoms with van der Waals surface area (Å²) >= 11 is 0. The SMILES string of the molecule is C=CN(C)c1c(C)cnc2c1c(C(=C)OCC)cn2Cc1ccccc1. The number of pyridine rings is 1. The van der Waals surface area contributed by atoms with Crippen LogP contribution in [0.2, 0.25) is 0 Å². The van der Waals surface area contributed by atoms with E-state index in [1.165, 1.54) is 5.56 Å². The Balaban J connectivity index is 2.24. The van der Waals surface area contributed by atoms with Gasteiger partial charge in [-0.1, -0.05) is 43.5 Å². The van der Waals surface area contributed by atoms with Crippen molar-refractivity contribution in [2.45, 2.75) is 20.4 Å². The minimum absolute atomic E-state index is 0.579. The van der Waals surface area contributed by atoms with E-state index in [0.717, 1.165) is 34.4 Å². The van der Waals surface area contributed by atoms with Crippen LogP contribution in [-0.4, -0.2) is 23.2 Å². The second kappa shape index (κ2) is 7.48. The molecule has 0 N–H and O–H groups in total. The topological polar surface area (TPSA) is 30.3 Å². The van der Waals surface area contributed by atoms with E-state index in [0.29, 0.717) is 12.4 Å². The predicted octanol–water partition coefficient (Wildman–Crippen LogP) is 4.98. The largest absolute Gasteiger partial charge is 0.494 e. The molecule has 0 aliphatic heterocycles. The van der Waals surface area contributed by atoms with Crippen LogP contribution in [0.25, 0.3) is 16.8 Å². The average molecular weight is 347 g/mol. The van der Waals surface area contributed by atoms with E-state index in [9.17, 15) is 0 Å². The number of nitrogens with zero attached hydrogens (tertiary/aromatic N) is 3. The summed E-state index contributed by atoms with van der Waals surface area (Å²) in [6.07, 6.45) is 5.80. The second-order valence-corrected chi connectivity index (χ2v) is 6.29. The highest BCUT2D eigenvalue weighted by molar-refractivity contribution is 6.00. The van der Waals surface area contributed by atoms with Crippen LogP contribution in [0.4, 0.5) is 5.69 Å². The first-order valence-corrected chi connectivity index (χ1v) is 8.76. The van der Waals surface area contributed by atoms with Gasteiger partial charge in [-0.2, -0.15) is 0 Å². The standard InChI is InChI=1S/C22H25N3O/c1-6-24(5)21-16(3)13-23-22-20(21)19(17(4)26-7-2)15-25(22)14-18-11-9-8-10-12-18/h6,8-13,15H,1,4,7,14H2,2-3,5H3. The predicted molar refractivity (Wildman–Crippen MR) is 109 cm³/mol. The number of rotatable bonds is 7. The molecule has 0 amide bonds. The molecule has 4 heteroatoms. The molecule has 2 heterocycles. The first kappa shape index (κ1) is 17.8. The summed E-state index contributed by atoms with van der Waals surface area (Å²) in [5.41, 5.74) is 5.27. The van der Waals surface area contributed by atoms with Gasteiger partial charge in [-0.3, -0.25) is 0 Å². The van der Waals surface area contributed by atoms with Crippen LogP contribution in [0.1, 0.15) is 23.6 Å². The molecule has 3 rings (SSSR count). The number of anilines is 1. The van der Waals surface area contributed by atoms with E-state index in [-0.39, 0.29) is 0 Å².